The van der Waals surface area contributed by atoms with E-state index in [-0.39, 0.29) is 11.9 Å². The number of aromatic nitrogens is 2. The van der Waals surface area contributed by atoms with E-state index in [4.69, 9.17) is 4.74 Å². The van der Waals surface area contributed by atoms with Crippen LogP contribution in [0.15, 0.2) is 6.20 Å². The average molecular weight is 293 g/mol. The Morgan fingerprint density at radius 2 is 2.38 bits per heavy atom. The van der Waals surface area contributed by atoms with Crippen LogP contribution in [0.4, 0.5) is 11.8 Å². The molecule has 7 heteroatoms. The van der Waals surface area contributed by atoms with Crippen molar-refractivity contribution in [3.63, 3.8) is 0 Å². The van der Waals surface area contributed by atoms with Gasteiger partial charge in [-0.05, 0) is 13.3 Å². The molecule has 7 nitrogen and oxygen atoms in total. The monoisotopic (exact) mass is 293 g/mol. The molecule has 0 saturated carbocycles. The second-order valence-corrected chi connectivity index (χ2v) is 5.03. The molecule has 1 saturated heterocycles. The molecule has 1 aliphatic heterocycles. The van der Waals surface area contributed by atoms with Crippen LogP contribution in [0, 0.1) is 6.92 Å². The molecule has 1 aromatic heterocycles. The van der Waals surface area contributed by atoms with Gasteiger partial charge in [-0.3, -0.25) is 4.79 Å². The minimum absolute atomic E-state index is 0.0134. The van der Waals surface area contributed by atoms with Crippen molar-refractivity contribution in [1.82, 2.24) is 15.3 Å². The molecule has 1 atom stereocenters. The van der Waals surface area contributed by atoms with Gasteiger partial charge in [0.1, 0.15) is 11.9 Å². The Morgan fingerprint density at radius 1 is 1.57 bits per heavy atom. The fourth-order valence-corrected chi connectivity index (χ4v) is 2.28. The van der Waals surface area contributed by atoms with Gasteiger partial charge >= 0.3 is 0 Å². The molecule has 2 heterocycles. The molecule has 0 aliphatic carbocycles. The summed E-state index contributed by atoms with van der Waals surface area (Å²) in [6.45, 7) is 6.27. The normalized spacial score (nSPS) is 18.4. The lowest BCUT2D eigenvalue weighted by Gasteiger charge is -2.36. The second kappa shape index (κ2) is 7.21. The number of hydrogen-bond acceptors (Lipinski definition) is 6. The maximum atomic E-state index is 12.3. The first-order valence-electron chi connectivity index (χ1n) is 7.30. The lowest BCUT2D eigenvalue weighted by atomic mass is 10.2. The standard InChI is InChI=1S/C14H23N5O2/c1-4-5-16-13(20)11-9-21-7-6-19(11)12-10(2)8-17-14(15-3)18-12/h8,11H,4-7,9H2,1-3H3,(H,16,20)(H,15,17,18). The molecule has 0 radical (unpaired) electrons. The summed E-state index contributed by atoms with van der Waals surface area (Å²) in [5, 5.41) is 5.86. The van der Waals surface area contributed by atoms with Gasteiger partial charge in [-0.25, -0.2) is 4.98 Å². The summed E-state index contributed by atoms with van der Waals surface area (Å²) in [7, 11) is 1.78. The lowest BCUT2D eigenvalue weighted by molar-refractivity contribution is -0.124. The number of nitrogens with zero attached hydrogens (tertiary/aromatic N) is 3. The minimum Gasteiger partial charge on any atom is -0.377 e. The van der Waals surface area contributed by atoms with E-state index in [2.05, 4.69) is 20.6 Å². The fraction of sp³-hybridized carbons (Fsp3) is 0.643. The van der Waals surface area contributed by atoms with E-state index in [1.807, 2.05) is 18.7 Å². The Labute approximate surface area is 125 Å². The smallest absolute Gasteiger partial charge is 0.245 e. The number of ether oxygens (including phenoxy) is 1. The molecule has 21 heavy (non-hydrogen) atoms. The van der Waals surface area contributed by atoms with Crippen molar-refractivity contribution in [3.05, 3.63) is 11.8 Å². The third-order valence-corrected chi connectivity index (χ3v) is 3.42. The van der Waals surface area contributed by atoms with Crippen molar-refractivity contribution in [2.45, 2.75) is 26.3 Å². The molecule has 0 aromatic carbocycles. The number of morpholine rings is 1. The highest BCUT2D eigenvalue weighted by molar-refractivity contribution is 5.85. The summed E-state index contributed by atoms with van der Waals surface area (Å²) < 4.78 is 5.47. The van der Waals surface area contributed by atoms with Crippen molar-refractivity contribution in [3.8, 4) is 0 Å². The van der Waals surface area contributed by atoms with Crippen molar-refractivity contribution >= 4 is 17.7 Å². The van der Waals surface area contributed by atoms with Gasteiger partial charge in [0.25, 0.3) is 0 Å². The van der Waals surface area contributed by atoms with Gasteiger partial charge in [-0.2, -0.15) is 4.98 Å². The van der Waals surface area contributed by atoms with E-state index < -0.39 is 0 Å². The molecular formula is C14H23N5O2. The summed E-state index contributed by atoms with van der Waals surface area (Å²) in [5.74, 6) is 1.32. The van der Waals surface area contributed by atoms with Crippen LogP contribution in [0.1, 0.15) is 18.9 Å². The second-order valence-electron chi connectivity index (χ2n) is 5.03. The van der Waals surface area contributed by atoms with Gasteiger partial charge in [0.05, 0.1) is 13.2 Å². The first-order valence-corrected chi connectivity index (χ1v) is 7.30. The van der Waals surface area contributed by atoms with E-state index in [0.29, 0.717) is 32.3 Å². The highest BCUT2D eigenvalue weighted by atomic mass is 16.5. The third kappa shape index (κ3) is 3.60. The molecule has 116 valence electrons. The number of nitrogens with one attached hydrogen (secondary N) is 2. The molecule has 1 amide bonds. The predicted octanol–water partition coefficient (Wildman–Crippen LogP) is 0.558. The number of amides is 1. The Hall–Kier alpha value is -1.89. The number of carbonyl (C=O) groups is 1. The third-order valence-electron chi connectivity index (χ3n) is 3.42. The maximum Gasteiger partial charge on any atom is 0.245 e. The number of rotatable bonds is 5. The molecule has 0 spiro atoms. The van der Waals surface area contributed by atoms with Crippen molar-refractivity contribution < 1.29 is 9.53 Å². The predicted molar refractivity (Wildman–Crippen MR) is 81.6 cm³/mol. The Morgan fingerprint density at radius 3 is 3.10 bits per heavy atom. The van der Waals surface area contributed by atoms with E-state index in [9.17, 15) is 4.79 Å². The summed E-state index contributed by atoms with van der Waals surface area (Å²) in [4.78, 5) is 23.0. The van der Waals surface area contributed by atoms with Crippen LogP contribution in [0.2, 0.25) is 0 Å². The highest BCUT2D eigenvalue weighted by Crippen LogP contribution is 2.22. The van der Waals surface area contributed by atoms with Gasteiger partial charge in [0, 0.05) is 31.9 Å². The number of carbonyl (C=O) groups excluding carboxylic acids is 1. The number of hydrogen-bond donors (Lipinski definition) is 2. The van der Waals surface area contributed by atoms with Crippen LogP contribution in [-0.2, 0) is 9.53 Å². The molecule has 1 aromatic rings. The van der Waals surface area contributed by atoms with Crippen LogP contribution in [0.25, 0.3) is 0 Å². The molecule has 1 unspecified atom stereocenters. The molecule has 1 fully saturated rings. The maximum absolute atomic E-state index is 12.3. The lowest BCUT2D eigenvalue weighted by Crippen LogP contribution is -2.54. The number of anilines is 2. The SMILES string of the molecule is CCCNC(=O)C1COCCN1c1nc(NC)ncc1C. The van der Waals surface area contributed by atoms with Crippen LogP contribution in [0.5, 0.6) is 0 Å². The van der Waals surface area contributed by atoms with Crippen LogP contribution < -0.4 is 15.5 Å². The zero-order valence-corrected chi connectivity index (χ0v) is 12.8. The zero-order chi connectivity index (χ0) is 15.2. The molecule has 0 bridgehead atoms. The molecule has 2 N–H and O–H groups in total. The van der Waals surface area contributed by atoms with Gasteiger partial charge in [0.15, 0.2) is 0 Å². The fourth-order valence-electron chi connectivity index (χ4n) is 2.28. The Bertz CT molecular complexity index is 494. The quantitative estimate of drug-likeness (QED) is 0.826. The first kappa shape index (κ1) is 15.5. The van der Waals surface area contributed by atoms with E-state index in [0.717, 1.165) is 17.8 Å². The van der Waals surface area contributed by atoms with E-state index >= 15 is 0 Å². The van der Waals surface area contributed by atoms with Crippen LogP contribution in [-0.4, -0.2) is 55.3 Å². The van der Waals surface area contributed by atoms with Crippen molar-refractivity contribution in [2.75, 3.05) is 43.6 Å². The van der Waals surface area contributed by atoms with Gasteiger partial charge < -0.3 is 20.3 Å². The van der Waals surface area contributed by atoms with E-state index in [1.165, 1.54) is 0 Å². The highest BCUT2D eigenvalue weighted by Gasteiger charge is 2.31. The van der Waals surface area contributed by atoms with Crippen LogP contribution >= 0.6 is 0 Å². The van der Waals surface area contributed by atoms with Gasteiger partial charge in [-0.15, -0.1) is 0 Å². The number of aryl methyl sites for hydroxylation is 1. The van der Waals surface area contributed by atoms with Gasteiger partial charge in [0.2, 0.25) is 11.9 Å². The Kier molecular flexibility index (Phi) is 5.32. The Balaban J connectivity index is 2.23. The summed E-state index contributed by atoms with van der Waals surface area (Å²) >= 11 is 0. The van der Waals surface area contributed by atoms with Crippen LogP contribution in [0.3, 0.4) is 0 Å². The zero-order valence-electron chi connectivity index (χ0n) is 12.8. The minimum atomic E-state index is -0.344. The van der Waals surface area contributed by atoms with Crippen molar-refractivity contribution in [2.24, 2.45) is 0 Å². The summed E-state index contributed by atoms with van der Waals surface area (Å²) in [6.07, 6.45) is 2.68. The largest absolute Gasteiger partial charge is 0.377 e. The molecule has 1 aliphatic rings. The first-order chi connectivity index (χ1) is 10.2. The topological polar surface area (TPSA) is 79.4 Å². The molecule has 2 rings (SSSR count). The van der Waals surface area contributed by atoms with E-state index in [1.54, 1.807) is 13.2 Å². The summed E-state index contributed by atoms with van der Waals surface area (Å²) in [5.41, 5.74) is 0.948. The van der Waals surface area contributed by atoms with Gasteiger partial charge in [-0.1, -0.05) is 6.92 Å². The average Bonchev–Trinajstić information content (AvgIpc) is 2.53. The molecular weight excluding hydrogens is 270 g/mol. The van der Waals surface area contributed by atoms with Crippen molar-refractivity contribution in [1.29, 1.82) is 0 Å². The summed E-state index contributed by atoms with van der Waals surface area (Å²) in [6, 6.07) is -0.344.